The van der Waals surface area contributed by atoms with Crippen molar-refractivity contribution in [1.29, 1.82) is 0 Å². The van der Waals surface area contributed by atoms with Gasteiger partial charge in [-0.1, -0.05) is 12.8 Å². The van der Waals surface area contributed by atoms with Crippen LogP contribution in [0.15, 0.2) is 12.3 Å². The summed E-state index contributed by atoms with van der Waals surface area (Å²) in [6.45, 7) is 5.65. The van der Waals surface area contributed by atoms with Gasteiger partial charge >= 0.3 is 0 Å². The molecule has 0 unspecified atom stereocenters. The van der Waals surface area contributed by atoms with Gasteiger partial charge in [-0.3, -0.25) is 9.69 Å². The predicted octanol–water partition coefficient (Wildman–Crippen LogP) is 2.12. The average Bonchev–Trinajstić information content (AvgIpc) is 3.39. The molecular formula is C19H28N4O2. The minimum Gasteiger partial charge on any atom is -0.379 e. The van der Waals surface area contributed by atoms with Crippen molar-refractivity contribution in [3.8, 4) is 0 Å². The van der Waals surface area contributed by atoms with E-state index in [2.05, 4.69) is 27.1 Å². The summed E-state index contributed by atoms with van der Waals surface area (Å²) in [7, 11) is 0. The Bertz CT molecular complexity index is 620. The molecule has 1 aromatic rings. The molecule has 1 aromatic heterocycles. The number of ether oxygens (including phenoxy) is 1. The molecule has 4 rings (SSSR count). The van der Waals surface area contributed by atoms with Crippen molar-refractivity contribution >= 4 is 5.91 Å². The third-order valence-corrected chi connectivity index (χ3v) is 6.11. The summed E-state index contributed by atoms with van der Waals surface area (Å²) in [6.07, 6.45) is 8.75. The van der Waals surface area contributed by atoms with E-state index in [0.717, 1.165) is 57.8 Å². The van der Waals surface area contributed by atoms with Gasteiger partial charge in [0.25, 0.3) is 5.91 Å². The lowest BCUT2D eigenvalue weighted by Gasteiger charge is -2.47. The summed E-state index contributed by atoms with van der Waals surface area (Å²) in [4.78, 5) is 24.1. The van der Waals surface area contributed by atoms with Crippen LogP contribution in [0.25, 0.3) is 0 Å². The lowest BCUT2D eigenvalue weighted by Crippen LogP contribution is -2.62. The normalized spacial score (nSPS) is 24.8. The van der Waals surface area contributed by atoms with E-state index in [4.69, 9.17) is 4.74 Å². The Balaban J connectivity index is 1.48. The highest BCUT2D eigenvalue weighted by Crippen LogP contribution is 2.39. The maximum absolute atomic E-state index is 12.8. The molecule has 2 aliphatic carbocycles. The van der Waals surface area contributed by atoms with Crippen molar-refractivity contribution < 1.29 is 9.53 Å². The maximum Gasteiger partial charge on any atom is 0.270 e. The van der Waals surface area contributed by atoms with E-state index in [1.807, 2.05) is 0 Å². The van der Waals surface area contributed by atoms with Crippen LogP contribution in [-0.4, -0.2) is 58.7 Å². The topological polar surface area (TPSA) is 67.4 Å². The molecule has 1 aliphatic heterocycles. The molecule has 2 saturated carbocycles. The van der Waals surface area contributed by atoms with E-state index in [-0.39, 0.29) is 17.5 Å². The van der Waals surface area contributed by atoms with Crippen LogP contribution in [0.5, 0.6) is 0 Å². The Hall–Kier alpha value is -1.53. The standard InChI is InChI=1S/C19H28N4O2/c1-14(19(7-2-3-8-19)23-10-12-25-13-11-23)21-18(24)16-6-9-20-17(22-16)15-4-5-15/h6,9,14-15H,2-5,7-8,10-13H2,1H3,(H,21,24)/t14-/m0/s1. The molecule has 6 heteroatoms. The number of hydrogen-bond donors (Lipinski definition) is 1. The average molecular weight is 344 g/mol. The number of aromatic nitrogens is 2. The summed E-state index contributed by atoms with van der Waals surface area (Å²) >= 11 is 0. The number of rotatable bonds is 5. The zero-order valence-electron chi connectivity index (χ0n) is 15.0. The SMILES string of the molecule is C[C@H](NC(=O)c1ccnc(C2CC2)n1)C1(N2CCOCC2)CCCC1. The molecule has 1 saturated heterocycles. The second-order valence-electron chi connectivity index (χ2n) is 7.68. The molecule has 6 nitrogen and oxygen atoms in total. The minimum absolute atomic E-state index is 0.0613. The molecule has 1 atom stereocenters. The molecule has 1 amide bonds. The Morgan fingerprint density at radius 2 is 2.04 bits per heavy atom. The van der Waals surface area contributed by atoms with Crippen molar-refractivity contribution in [2.45, 2.75) is 62.9 Å². The molecule has 1 N–H and O–H groups in total. The maximum atomic E-state index is 12.8. The highest BCUT2D eigenvalue weighted by Gasteiger charge is 2.45. The molecule has 136 valence electrons. The van der Waals surface area contributed by atoms with Crippen LogP contribution in [0, 0.1) is 0 Å². The summed E-state index contributed by atoms with van der Waals surface area (Å²) in [5.41, 5.74) is 0.560. The first-order chi connectivity index (χ1) is 12.2. The lowest BCUT2D eigenvalue weighted by atomic mass is 9.86. The van der Waals surface area contributed by atoms with E-state index in [0.29, 0.717) is 11.6 Å². The predicted molar refractivity (Wildman–Crippen MR) is 94.5 cm³/mol. The van der Waals surface area contributed by atoms with Gasteiger partial charge in [0.2, 0.25) is 0 Å². The molecule has 3 aliphatic rings. The Morgan fingerprint density at radius 3 is 2.72 bits per heavy atom. The van der Waals surface area contributed by atoms with Crippen LogP contribution < -0.4 is 5.32 Å². The van der Waals surface area contributed by atoms with Gasteiger partial charge < -0.3 is 10.1 Å². The smallest absolute Gasteiger partial charge is 0.270 e. The molecule has 0 bridgehead atoms. The zero-order chi connectivity index (χ0) is 17.3. The first-order valence-electron chi connectivity index (χ1n) is 9.66. The summed E-state index contributed by atoms with van der Waals surface area (Å²) in [6, 6.07) is 1.82. The molecule has 0 aromatic carbocycles. The fourth-order valence-corrected chi connectivity index (χ4v) is 4.46. The van der Waals surface area contributed by atoms with Crippen LogP contribution in [-0.2, 0) is 4.74 Å². The Morgan fingerprint density at radius 1 is 1.32 bits per heavy atom. The number of nitrogens with zero attached hydrogens (tertiary/aromatic N) is 3. The second-order valence-corrected chi connectivity index (χ2v) is 7.68. The van der Waals surface area contributed by atoms with Crippen molar-refractivity contribution in [3.05, 3.63) is 23.8 Å². The highest BCUT2D eigenvalue weighted by atomic mass is 16.5. The fourth-order valence-electron chi connectivity index (χ4n) is 4.46. The summed E-state index contributed by atoms with van der Waals surface area (Å²) in [5.74, 6) is 1.21. The summed E-state index contributed by atoms with van der Waals surface area (Å²) < 4.78 is 5.53. The first kappa shape index (κ1) is 16.9. The minimum atomic E-state index is -0.0728. The van der Waals surface area contributed by atoms with Crippen molar-refractivity contribution in [3.63, 3.8) is 0 Å². The van der Waals surface area contributed by atoms with Crippen LogP contribution in [0.2, 0.25) is 0 Å². The number of carbonyl (C=O) groups excluding carboxylic acids is 1. The molecule has 0 radical (unpaired) electrons. The van der Waals surface area contributed by atoms with Gasteiger partial charge in [-0.2, -0.15) is 0 Å². The largest absolute Gasteiger partial charge is 0.379 e. The molecule has 2 heterocycles. The Labute approximate surface area is 149 Å². The third-order valence-electron chi connectivity index (χ3n) is 6.11. The quantitative estimate of drug-likeness (QED) is 0.886. The van der Waals surface area contributed by atoms with Crippen LogP contribution >= 0.6 is 0 Å². The molecule has 3 fully saturated rings. The van der Waals surface area contributed by atoms with Gasteiger partial charge in [-0.05, 0) is 38.7 Å². The van der Waals surface area contributed by atoms with E-state index < -0.39 is 0 Å². The van der Waals surface area contributed by atoms with Gasteiger partial charge in [0.15, 0.2) is 0 Å². The number of hydrogen-bond acceptors (Lipinski definition) is 5. The van der Waals surface area contributed by atoms with E-state index in [9.17, 15) is 4.79 Å². The van der Waals surface area contributed by atoms with E-state index in [1.54, 1.807) is 12.3 Å². The zero-order valence-corrected chi connectivity index (χ0v) is 15.0. The lowest BCUT2D eigenvalue weighted by molar-refractivity contribution is -0.0323. The van der Waals surface area contributed by atoms with Gasteiger partial charge in [-0.25, -0.2) is 9.97 Å². The van der Waals surface area contributed by atoms with Gasteiger partial charge in [-0.15, -0.1) is 0 Å². The highest BCUT2D eigenvalue weighted by molar-refractivity contribution is 5.92. The Kier molecular flexibility index (Phi) is 4.73. The third kappa shape index (κ3) is 3.42. The number of nitrogens with one attached hydrogen (secondary N) is 1. The van der Waals surface area contributed by atoms with Crippen LogP contribution in [0.3, 0.4) is 0 Å². The molecule has 0 spiro atoms. The number of morpholine rings is 1. The van der Waals surface area contributed by atoms with Crippen LogP contribution in [0.1, 0.15) is 67.7 Å². The monoisotopic (exact) mass is 344 g/mol. The van der Waals surface area contributed by atoms with Crippen molar-refractivity contribution in [1.82, 2.24) is 20.2 Å². The number of carbonyl (C=O) groups is 1. The van der Waals surface area contributed by atoms with E-state index >= 15 is 0 Å². The van der Waals surface area contributed by atoms with Crippen LogP contribution in [0.4, 0.5) is 0 Å². The second kappa shape index (κ2) is 7.00. The first-order valence-corrected chi connectivity index (χ1v) is 9.66. The van der Waals surface area contributed by atoms with Crippen molar-refractivity contribution in [2.75, 3.05) is 26.3 Å². The molecular weight excluding hydrogens is 316 g/mol. The number of amides is 1. The van der Waals surface area contributed by atoms with Gasteiger partial charge in [0.1, 0.15) is 11.5 Å². The van der Waals surface area contributed by atoms with E-state index in [1.165, 1.54) is 12.8 Å². The van der Waals surface area contributed by atoms with Gasteiger partial charge in [0.05, 0.1) is 13.2 Å². The van der Waals surface area contributed by atoms with Crippen molar-refractivity contribution in [2.24, 2.45) is 0 Å². The fraction of sp³-hybridized carbons (Fsp3) is 0.737. The summed E-state index contributed by atoms with van der Waals surface area (Å²) in [5, 5.41) is 3.25. The van der Waals surface area contributed by atoms with Gasteiger partial charge in [0, 0.05) is 36.8 Å². The molecule has 25 heavy (non-hydrogen) atoms.